The van der Waals surface area contributed by atoms with Crippen molar-refractivity contribution < 1.29 is 14.9 Å². The number of allylic oxidation sites excluding steroid dienone is 2. The summed E-state index contributed by atoms with van der Waals surface area (Å²) >= 11 is 0. The predicted molar refractivity (Wildman–Crippen MR) is 107 cm³/mol. The SMILES string of the molecule is CCCC/C=C/CC1CCC(O)C1/C=C/C(O)COc1cccc(C)c1. The number of ether oxygens (including phenoxy) is 1. The minimum atomic E-state index is -0.663. The van der Waals surface area contributed by atoms with Gasteiger partial charge >= 0.3 is 0 Å². The number of benzene rings is 1. The minimum absolute atomic E-state index is 0.124. The summed E-state index contributed by atoms with van der Waals surface area (Å²) in [5, 5.41) is 20.4. The van der Waals surface area contributed by atoms with Crippen molar-refractivity contribution in [2.75, 3.05) is 6.61 Å². The first-order chi connectivity index (χ1) is 12.6. The second kappa shape index (κ2) is 11.2. The van der Waals surface area contributed by atoms with Crippen LogP contribution in [0.15, 0.2) is 48.6 Å². The van der Waals surface area contributed by atoms with Crippen molar-refractivity contribution in [3.8, 4) is 5.75 Å². The summed E-state index contributed by atoms with van der Waals surface area (Å²) in [6, 6.07) is 7.81. The predicted octanol–water partition coefficient (Wildman–Crippen LogP) is 4.81. The highest BCUT2D eigenvalue weighted by atomic mass is 16.5. The highest BCUT2D eigenvalue weighted by molar-refractivity contribution is 5.27. The molecule has 0 saturated heterocycles. The summed E-state index contributed by atoms with van der Waals surface area (Å²) < 4.78 is 5.64. The Bertz CT molecular complexity index is 579. The molecule has 0 spiro atoms. The van der Waals surface area contributed by atoms with Crippen molar-refractivity contribution in [1.29, 1.82) is 0 Å². The van der Waals surface area contributed by atoms with Gasteiger partial charge in [-0.15, -0.1) is 0 Å². The maximum absolute atomic E-state index is 10.3. The summed E-state index contributed by atoms with van der Waals surface area (Å²) in [5.74, 6) is 1.36. The van der Waals surface area contributed by atoms with Crippen LogP contribution in [-0.2, 0) is 0 Å². The number of hydrogen-bond acceptors (Lipinski definition) is 3. The summed E-state index contributed by atoms with van der Waals surface area (Å²) in [6.45, 7) is 4.45. The van der Waals surface area contributed by atoms with Crippen LogP contribution >= 0.6 is 0 Å². The summed E-state index contributed by atoms with van der Waals surface area (Å²) in [6.07, 6.45) is 13.8. The number of aliphatic hydroxyl groups excluding tert-OH is 2. The third-order valence-electron chi connectivity index (χ3n) is 5.12. The molecule has 3 heteroatoms. The van der Waals surface area contributed by atoms with Crippen LogP contribution < -0.4 is 4.74 Å². The number of rotatable bonds is 10. The second-order valence-electron chi connectivity index (χ2n) is 7.41. The van der Waals surface area contributed by atoms with Gasteiger partial charge in [-0.1, -0.05) is 56.2 Å². The molecule has 3 nitrogen and oxygen atoms in total. The van der Waals surface area contributed by atoms with Crippen molar-refractivity contribution in [3.05, 3.63) is 54.1 Å². The topological polar surface area (TPSA) is 49.7 Å². The van der Waals surface area contributed by atoms with Crippen molar-refractivity contribution in [1.82, 2.24) is 0 Å². The first-order valence-electron chi connectivity index (χ1n) is 9.99. The summed E-state index contributed by atoms with van der Waals surface area (Å²) in [4.78, 5) is 0. The standard InChI is InChI=1S/C23H34O3/c1-3-4-5-6-7-10-19-12-15-23(25)22(19)14-13-20(24)17-26-21-11-8-9-18(2)16-21/h6-9,11,13-14,16,19-20,22-25H,3-5,10,12,15,17H2,1-2H3/b7-6+,14-13+. The first-order valence-corrected chi connectivity index (χ1v) is 9.99. The minimum Gasteiger partial charge on any atom is -0.491 e. The van der Waals surface area contributed by atoms with Crippen LogP contribution in [-0.4, -0.2) is 29.0 Å². The molecule has 2 rings (SSSR count). The van der Waals surface area contributed by atoms with E-state index in [0.717, 1.165) is 37.0 Å². The first kappa shape index (κ1) is 20.7. The third kappa shape index (κ3) is 6.97. The van der Waals surface area contributed by atoms with E-state index in [-0.39, 0.29) is 18.6 Å². The average molecular weight is 359 g/mol. The number of aryl methyl sites for hydroxylation is 1. The van der Waals surface area contributed by atoms with Crippen LogP contribution in [0.4, 0.5) is 0 Å². The average Bonchev–Trinajstić information content (AvgIpc) is 2.98. The van der Waals surface area contributed by atoms with Crippen LogP contribution in [0.5, 0.6) is 5.75 Å². The Morgan fingerprint density at radius 2 is 2.12 bits per heavy atom. The Kier molecular flexibility index (Phi) is 8.93. The van der Waals surface area contributed by atoms with E-state index in [9.17, 15) is 10.2 Å². The quantitative estimate of drug-likeness (QED) is 0.466. The third-order valence-corrected chi connectivity index (χ3v) is 5.12. The second-order valence-corrected chi connectivity index (χ2v) is 7.41. The van der Waals surface area contributed by atoms with Crippen molar-refractivity contribution in [3.63, 3.8) is 0 Å². The lowest BCUT2D eigenvalue weighted by Gasteiger charge is -2.18. The molecule has 1 aliphatic rings. The van der Waals surface area contributed by atoms with Crippen LogP contribution in [0.2, 0.25) is 0 Å². The van der Waals surface area contributed by atoms with Gasteiger partial charge in [0.2, 0.25) is 0 Å². The zero-order chi connectivity index (χ0) is 18.8. The van der Waals surface area contributed by atoms with Crippen molar-refractivity contribution >= 4 is 0 Å². The van der Waals surface area contributed by atoms with Gasteiger partial charge in [-0.2, -0.15) is 0 Å². The smallest absolute Gasteiger partial charge is 0.119 e. The summed E-state index contributed by atoms with van der Waals surface area (Å²) in [5.41, 5.74) is 1.14. The molecule has 2 N–H and O–H groups in total. The van der Waals surface area contributed by atoms with Gasteiger partial charge < -0.3 is 14.9 Å². The molecular formula is C23H34O3. The molecule has 0 aliphatic heterocycles. The Hall–Kier alpha value is -1.58. The van der Waals surface area contributed by atoms with Crippen LogP contribution in [0.1, 0.15) is 51.0 Å². The molecule has 4 atom stereocenters. The van der Waals surface area contributed by atoms with Gasteiger partial charge in [-0.05, 0) is 56.2 Å². The van der Waals surface area contributed by atoms with E-state index in [1.54, 1.807) is 6.08 Å². The highest BCUT2D eigenvalue weighted by Gasteiger charge is 2.32. The van der Waals surface area contributed by atoms with Gasteiger partial charge in [-0.3, -0.25) is 0 Å². The van der Waals surface area contributed by atoms with Crippen LogP contribution in [0.25, 0.3) is 0 Å². The van der Waals surface area contributed by atoms with Gasteiger partial charge in [0.25, 0.3) is 0 Å². The van der Waals surface area contributed by atoms with Crippen LogP contribution in [0.3, 0.4) is 0 Å². The van der Waals surface area contributed by atoms with E-state index in [1.807, 2.05) is 37.3 Å². The molecule has 0 heterocycles. The molecule has 0 radical (unpaired) electrons. The largest absolute Gasteiger partial charge is 0.491 e. The number of aliphatic hydroxyl groups is 2. The molecule has 26 heavy (non-hydrogen) atoms. The van der Waals surface area contributed by atoms with Gasteiger partial charge in [-0.25, -0.2) is 0 Å². The zero-order valence-electron chi connectivity index (χ0n) is 16.2. The highest BCUT2D eigenvalue weighted by Crippen LogP contribution is 2.35. The molecule has 1 fully saturated rings. The fraction of sp³-hybridized carbons (Fsp3) is 0.565. The molecule has 1 saturated carbocycles. The molecule has 144 valence electrons. The molecule has 4 unspecified atom stereocenters. The lowest BCUT2D eigenvalue weighted by atomic mass is 9.91. The zero-order valence-corrected chi connectivity index (χ0v) is 16.2. The fourth-order valence-corrected chi connectivity index (χ4v) is 3.55. The van der Waals surface area contributed by atoms with Gasteiger partial charge in [0.15, 0.2) is 0 Å². The van der Waals surface area contributed by atoms with Crippen molar-refractivity contribution in [2.45, 2.75) is 64.6 Å². The van der Waals surface area contributed by atoms with Gasteiger partial charge in [0.1, 0.15) is 18.5 Å². The molecule has 1 aromatic rings. The number of unbranched alkanes of at least 4 members (excludes halogenated alkanes) is 2. The Morgan fingerprint density at radius 1 is 1.27 bits per heavy atom. The lowest BCUT2D eigenvalue weighted by molar-refractivity contribution is 0.133. The van der Waals surface area contributed by atoms with E-state index in [2.05, 4.69) is 19.1 Å². The monoisotopic (exact) mass is 358 g/mol. The Labute approximate surface area is 158 Å². The molecule has 0 bridgehead atoms. The molecule has 1 aliphatic carbocycles. The normalized spacial score (nSPS) is 24.5. The van der Waals surface area contributed by atoms with E-state index < -0.39 is 6.10 Å². The Morgan fingerprint density at radius 3 is 2.88 bits per heavy atom. The van der Waals surface area contributed by atoms with Crippen molar-refractivity contribution in [2.24, 2.45) is 11.8 Å². The van der Waals surface area contributed by atoms with Gasteiger partial charge in [0, 0.05) is 5.92 Å². The van der Waals surface area contributed by atoms with Crippen LogP contribution in [0, 0.1) is 18.8 Å². The Balaban J connectivity index is 1.80. The lowest BCUT2D eigenvalue weighted by Crippen LogP contribution is -2.19. The maximum Gasteiger partial charge on any atom is 0.119 e. The number of hydrogen-bond donors (Lipinski definition) is 2. The fourth-order valence-electron chi connectivity index (χ4n) is 3.55. The van der Waals surface area contributed by atoms with Gasteiger partial charge in [0.05, 0.1) is 6.10 Å². The molecule has 1 aromatic carbocycles. The van der Waals surface area contributed by atoms with E-state index in [0.29, 0.717) is 5.92 Å². The van der Waals surface area contributed by atoms with E-state index in [4.69, 9.17) is 4.74 Å². The van der Waals surface area contributed by atoms with E-state index in [1.165, 1.54) is 12.8 Å². The molecule has 0 aromatic heterocycles. The maximum atomic E-state index is 10.3. The molecule has 0 amide bonds. The van der Waals surface area contributed by atoms with E-state index >= 15 is 0 Å². The summed E-state index contributed by atoms with van der Waals surface area (Å²) in [7, 11) is 0. The molecular weight excluding hydrogens is 324 g/mol.